The maximum atomic E-state index is 12.1. The maximum absolute atomic E-state index is 12.1. The zero-order valence-corrected chi connectivity index (χ0v) is 11.7. The largest absolute Gasteiger partial charge is 0.496 e. The lowest BCUT2D eigenvalue weighted by atomic mass is 10.2. The van der Waals surface area contributed by atoms with Gasteiger partial charge in [0.15, 0.2) is 0 Å². The van der Waals surface area contributed by atoms with E-state index in [-0.39, 0.29) is 22.8 Å². The normalized spacial score (nSPS) is 11.3. The van der Waals surface area contributed by atoms with Crippen molar-refractivity contribution in [2.75, 3.05) is 7.11 Å². The Morgan fingerprint density at radius 2 is 2.24 bits per heavy atom. The van der Waals surface area contributed by atoms with Crippen LogP contribution < -0.4 is 9.46 Å². The van der Waals surface area contributed by atoms with Crippen LogP contribution in [0, 0.1) is 0 Å². The molecule has 21 heavy (non-hydrogen) atoms. The first-order valence-electron chi connectivity index (χ1n) is 5.69. The van der Waals surface area contributed by atoms with Crippen LogP contribution in [0.5, 0.6) is 5.75 Å². The molecule has 0 radical (unpaired) electrons. The monoisotopic (exact) mass is 312 g/mol. The van der Waals surface area contributed by atoms with Crippen LogP contribution in [-0.4, -0.2) is 41.8 Å². The number of hydrogen-bond acceptors (Lipinski definition) is 6. The van der Waals surface area contributed by atoms with Crippen molar-refractivity contribution in [3.05, 3.63) is 35.9 Å². The van der Waals surface area contributed by atoms with Gasteiger partial charge in [-0.05, 0) is 18.2 Å². The average molecular weight is 312 g/mol. The van der Waals surface area contributed by atoms with Gasteiger partial charge in [-0.1, -0.05) is 0 Å². The molecule has 0 bridgehead atoms. The van der Waals surface area contributed by atoms with Gasteiger partial charge in [-0.2, -0.15) is 5.10 Å². The first-order valence-corrected chi connectivity index (χ1v) is 7.17. The number of aromatic nitrogens is 3. The minimum atomic E-state index is -3.87. The number of aromatic carboxylic acids is 1. The summed E-state index contributed by atoms with van der Waals surface area (Å²) in [6, 6.07) is 3.57. The molecule has 9 nitrogen and oxygen atoms in total. The molecule has 0 unspecified atom stereocenters. The second-order valence-electron chi connectivity index (χ2n) is 3.92. The molecular weight excluding hydrogens is 300 g/mol. The molecule has 0 aliphatic rings. The Bertz CT molecular complexity index is 742. The third-order valence-corrected chi connectivity index (χ3v) is 4.01. The number of nitrogens with zero attached hydrogens (tertiary/aromatic N) is 2. The van der Waals surface area contributed by atoms with E-state index in [0.717, 1.165) is 6.07 Å². The number of hydrogen-bond donors (Lipinski definition) is 3. The molecular formula is C11H12N4O5S. The van der Waals surface area contributed by atoms with E-state index in [0.29, 0.717) is 5.82 Å². The highest BCUT2D eigenvalue weighted by Crippen LogP contribution is 2.22. The summed E-state index contributed by atoms with van der Waals surface area (Å²) in [5.41, 5.74) is -0.236. The van der Waals surface area contributed by atoms with Crippen LogP contribution in [-0.2, 0) is 16.6 Å². The topological polar surface area (TPSA) is 134 Å². The lowest BCUT2D eigenvalue weighted by Crippen LogP contribution is -2.24. The van der Waals surface area contributed by atoms with Crippen molar-refractivity contribution in [3.63, 3.8) is 0 Å². The SMILES string of the molecule is COc1ccc(S(=O)(=O)NCc2ncn[nH]2)cc1C(=O)O. The van der Waals surface area contributed by atoms with Crippen molar-refractivity contribution in [1.29, 1.82) is 0 Å². The van der Waals surface area contributed by atoms with E-state index in [1.165, 1.54) is 25.6 Å². The Morgan fingerprint density at radius 3 is 2.81 bits per heavy atom. The molecule has 0 amide bonds. The standard InChI is InChI=1S/C11H12N4O5S/c1-20-9-3-2-7(4-8(9)11(16)17)21(18,19)14-5-10-12-6-13-15-10/h2-4,6,14H,5H2,1H3,(H,16,17)(H,12,13,15). The van der Waals surface area contributed by atoms with Crippen LogP contribution in [0.1, 0.15) is 16.2 Å². The van der Waals surface area contributed by atoms with Crippen molar-refractivity contribution in [3.8, 4) is 5.75 Å². The lowest BCUT2D eigenvalue weighted by molar-refractivity contribution is 0.0693. The van der Waals surface area contributed by atoms with Crippen molar-refractivity contribution in [2.45, 2.75) is 11.4 Å². The summed E-state index contributed by atoms with van der Waals surface area (Å²) in [7, 11) is -2.57. The van der Waals surface area contributed by atoms with Crippen LogP contribution in [0.3, 0.4) is 0 Å². The Kier molecular flexibility index (Phi) is 4.19. The summed E-state index contributed by atoms with van der Waals surface area (Å²) in [6.45, 7) is -0.0865. The molecule has 1 aromatic carbocycles. The molecule has 2 aromatic rings. The second kappa shape index (κ2) is 5.89. The van der Waals surface area contributed by atoms with E-state index in [4.69, 9.17) is 9.84 Å². The molecule has 3 N–H and O–H groups in total. The maximum Gasteiger partial charge on any atom is 0.339 e. The van der Waals surface area contributed by atoms with Gasteiger partial charge in [-0.3, -0.25) is 5.10 Å². The molecule has 0 saturated heterocycles. The molecule has 1 heterocycles. The van der Waals surface area contributed by atoms with Gasteiger partial charge in [0.1, 0.15) is 23.5 Å². The van der Waals surface area contributed by atoms with Gasteiger partial charge in [0, 0.05) is 0 Å². The molecule has 10 heteroatoms. The highest BCUT2D eigenvalue weighted by atomic mass is 32.2. The summed E-state index contributed by atoms with van der Waals surface area (Å²) in [6.07, 6.45) is 1.25. The van der Waals surface area contributed by atoms with E-state index in [1.807, 2.05) is 0 Å². The summed E-state index contributed by atoms with van der Waals surface area (Å²) in [5.74, 6) is -0.860. The minimum absolute atomic E-state index is 0.0803. The highest BCUT2D eigenvalue weighted by Gasteiger charge is 2.19. The first-order chi connectivity index (χ1) is 9.94. The first kappa shape index (κ1) is 14.9. The Balaban J connectivity index is 2.27. The third-order valence-electron chi connectivity index (χ3n) is 2.61. The quantitative estimate of drug-likeness (QED) is 0.682. The van der Waals surface area contributed by atoms with Crippen LogP contribution >= 0.6 is 0 Å². The van der Waals surface area contributed by atoms with E-state index in [2.05, 4.69) is 19.9 Å². The fraction of sp³-hybridized carbons (Fsp3) is 0.182. The fourth-order valence-corrected chi connectivity index (χ4v) is 2.60. The number of methoxy groups -OCH3 is 1. The van der Waals surface area contributed by atoms with Gasteiger partial charge >= 0.3 is 5.97 Å². The number of carboxylic acids is 1. The number of ether oxygens (including phenoxy) is 1. The number of H-pyrrole nitrogens is 1. The Morgan fingerprint density at radius 1 is 1.48 bits per heavy atom. The molecule has 0 saturated carbocycles. The number of carboxylic acid groups (broad SMARTS) is 1. The number of aromatic amines is 1. The predicted octanol–water partition coefficient (Wildman–Crippen LogP) is -0.0100. The zero-order chi connectivity index (χ0) is 15.5. The molecule has 2 rings (SSSR count). The second-order valence-corrected chi connectivity index (χ2v) is 5.69. The summed E-state index contributed by atoms with van der Waals surface area (Å²) in [5, 5.41) is 15.1. The summed E-state index contributed by atoms with van der Waals surface area (Å²) >= 11 is 0. The lowest BCUT2D eigenvalue weighted by Gasteiger charge is -2.09. The van der Waals surface area contributed by atoms with E-state index < -0.39 is 16.0 Å². The molecule has 0 atom stereocenters. The van der Waals surface area contributed by atoms with Crippen LogP contribution in [0.2, 0.25) is 0 Å². The third kappa shape index (κ3) is 3.35. The van der Waals surface area contributed by atoms with Crippen LogP contribution in [0.25, 0.3) is 0 Å². The van der Waals surface area contributed by atoms with Crippen molar-refractivity contribution >= 4 is 16.0 Å². The van der Waals surface area contributed by atoms with Gasteiger partial charge < -0.3 is 9.84 Å². The smallest absolute Gasteiger partial charge is 0.339 e. The Hall–Kier alpha value is -2.46. The molecule has 0 fully saturated rings. The number of benzene rings is 1. The Labute approximate surface area is 120 Å². The molecule has 0 aliphatic carbocycles. The van der Waals surface area contributed by atoms with Crippen molar-refractivity contribution in [1.82, 2.24) is 19.9 Å². The van der Waals surface area contributed by atoms with E-state index in [9.17, 15) is 13.2 Å². The van der Waals surface area contributed by atoms with Crippen molar-refractivity contribution < 1.29 is 23.1 Å². The molecule has 0 spiro atoms. The number of sulfonamides is 1. The van der Waals surface area contributed by atoms with Crippen molar-refractivity contribution in [2.24, 2.45) is 0 Å². The van der Waals surface area contributed by atoms with Crippen LogP contribution in [0.15, 0.2) is 29.4 Å². The van der Waals surface area contributed by atoms with E-state index in [1.54, 1.807) is 0 Å². The molecule has 1 aromatic heterocycles. The van der Waals surface area contributed by atoms with Crippen LogP contribution in [0.4, 0.5) is 0 Å². The zero-order valence-electron chi connectivity index (χ0n) is 10.9. The van der Waals surface area contributed by atoms with E-state index >= 15 is 0 Å². The fourth-order valence-electron chi connectivity index (χ4n) is 1.58. The summed E-state index contributed by atoms with van der Waals surface area (Å²) in [4.78, 5) is 14.7. The van der Waals surface area contributed by atoms with Gasteiger partial charge in [-0.25, -0.2) is 22.9 Å². The predicted molar refractivity (Wildman–Crippen MR) is 70.4 cm³/mol. The van der Waals surface area contributed by atoms with Gasteiger partial charge in [0.2, 0.25) is 10.0 Å². The minimum Gasteiger partial charge on any atom is -0.496 e. The number of rotatable bonds is 6. The number of nitrogens with one attached hydrogen (secondary N) is 2. The molecule has 112 valence electrons. The molecule has 0 aliphatic heterocycles. The van der Waals surface area contributed by atoms with Gasteiger partial charge in [0.05, 0.1) is 18.6 Å². The van der Waals surface area contributed by atoms with Gasteiger partial charge in [-0.15, -0.1) is 0 Å². The number of carbonyl (C=O) groups is 1. The highest BCUT2D eigenvalue weighted by molar-refractivity contribution is 7.89. The summed E-state index contributed by atoms with van der Waals surface area (Å²) < 4.78 is 31.3. The van der Waals surface area contributed by atoms with Gasteiger partial charge in [0.25, 0.3) is 0 Å². The average Bonchev–Trinajstić information content (AvgIpc) is 2.97.